The second-order valence-corrected chi connectivity index (χ2v) is 23.4. The Balaban J connectivity index is 1.31. The van der Waals surface area contributed by atoms with Crippen molar-refractivity contribution in [3.63, 3.8) is 0 Å². The zero-order valence-electron chi connectivity index (χ0n) is 48.0. The quantitative estimate of drug-likeness (QED) is 0.0448. The number of nitrogens with one attached hydrogen (secondary N) is 3. The smallest absolute Gasteiger partial charge is 0.394 e. The maximum Gasteiger partial charge on any atom is 0.397 e. The average molecular weight is 1320 g/mol. The van der Waals surface area contributed by atoms with Crippen molar-refractivity contribution in [3.05, 3.63) is 0 Å². The molecule has 0 spiro atoms. The second-order valence-electron chi connectivity index (χ2n) is 22.4. The molecule has 0 unspecified atom stereocenters. The summed E-state index contributed by atoms with van der Waals surface area (Å²) >= 11 is 0. The highest BCUT2D eigenvalue weighted by molar-refractivity contribution is 7.80. The van der Waals surface area contributed by atoms with Gasteiger partial charge in [0.15, 0.2) is 44.0 Å². The molecule has 516 valence electrons. The van der Waals surface area contributed by atoms with E-state index in [1.54, 1.807) is 0 Å². The predicted octanol–water partition coefficient (Wildman–Crippen LogP) is -14.0. The highest BCUT2D eigenvalue weighted by Gasteiger charge is 2.59. The van der Waals surface area contributed by atoms with E-state index in [4.69, 9.17) is 61.6 Å². The van der Waals surface area contributed by atoms with Gasteiger partial charge in [0, 0.05) is 20.8 Å². The lowest BCUT2D eigenvalue weighted by Crippen LogP contribution is -2.70. The summed E-state index contributed by atoms with van der Waals surface area (Å²) in [6, 6.07) is -5.30. The van der Waals surface area contributed by atoms with Gasteiger partial charge in [0.2, 0.25) is 17.7 Å². The van der Waals surface area contributed by atoms with Gasteiger partial charge in [-0.05, 0) is 13.8 Å². The first-order chi connectivity index (χ1) is 41.7. The Hall–Kier alpha value is -2.92. The topological polar surface area (TPSA) is 615 Å². The van der Waals surface area contributed by atoms with Gasteiger partial charge < -0.3 is 164 Å². The van der Waals surface area contributed by atoms with Crippen LogP contribution in [-0.4, -0.2) is 365 Å². The van der Waals surface area contributed by atoms with Gasteiger partial charge in [0.25, 0.3) is 0 Å². The van der Waals surface area contributed by atoms with Crippen LogP contribution in [0.5, 0.6) is 0 Å². The van der Waals surface area contributed by atoms with Crippen LogP contribution in [0.25, 0.3) is 0 Å². The van der Waals surface area contributed by atoms with Crippen molar-refractivity contribution in [3.8, 4) is 0 Å². The molecule has 0 aliphatic carbocycles. The third-order valence-corrected chi connectivity index (χ3v) is 16.3. The average Bonchev–Trinajstić information content (AvgIpc) is 1.59. The van der Waals surface area contributed by atoms with E-state index in [2.05, 4.69) is 20.1 Å². The molecule has 7 heterocycles. The van der Waals surface area contributed by atoms with Crippen LogP contribution in [0.3, 0.4) is 0 Å². The summed E-state index contributed by atoms with van der Waals surface area (Å²) in [6.07, 6.45) is -64.4. The zero-order valence-corrected chi connectivity index (χ0v) is 48.8. The standard InChI is InChI=1S/C48H81N3O37S/c1-11-24(57)33(66)36(69)45(78-11)87-40-35(68)27(60)17(7-53)82-47(40)86-39-30(63)19(9-76-43-21(49-13(3)54)31(64)26(59)16(6-52)81-43)84-48(41(39)88-46-37(70)34(67)25(58)12(2)79-46)85-38-23(51-15(5)56)42(71)80-18(29(38)62)8-75-44-22(50-14(4)55)32(65)28(61)20(83-44)10-77-89(72,73)74/h11-12,16-48,52-53,57-71H,6-10H2,1-5H3,(H,49,54)(H,50,55)(H,51,56)(H,72,73,74)/t11-,12-,16+,17+,18+,19+,20+,21+,22+,23+,24+,25+,26+,27-,28+,29-,30-,31+,32+,33+,34+,35-,36-,37-,38+,39-,40+,41+,42+,43+,44+,45-,46-,47-,48-/m0/s1. The van der Waals surface area contributed by atoms with Gasteiger partial charge in [-0.15, -0.1) is 0 Å². The fraction of sp³-hybridized carbons (Fsp3) is 0.938. The molecule has 40 nitrogen and oxygen atoms in total. The van der Waals surface area contributed by atoms with E-state index in [1.165, 1.54) is 13.8 Å². The van der Waals surface area contributed by atoms with Crippen molar-refractivity contribution in [1.82, 2.24) is 16.0 Å². The molecule has 7 fully saturated rings. The minimum atomic E-state index is -5.18. The molecule has 0 aromatic carbocycles. The molecule has 7 aliphatic heterocycles. The summed E-state index contributed by atoms with van der Waals surface area (Å²) < 4.78 is 114. The molecule has 0 bridgehead atoms. The fourth-order valence-corrected chi connectivity index (χ4v) is 11.3. The summed E-state index contributed by atoms with van der Waals surface area (Å²) in [7, 11) is -5.18. The Morgan fingerprint density at radius 2 is 0.730 bits per heavy atom. The first kappa shape index (κ1) is 73.5. The number of hydrogen-bond donors (Lipinski definition) is 21. The maximum absolute atomic E-state index is 12.9. The predicted molar refractivity (Wildman–Crippen MR) is 274 cm³/mol. The summed E-state index contributed by atoms with van der Waals surface area (Å²) in [5.74, 6) is -2.59. The Kier molecular flexibility index (Phi) is 25.7. The van der Waals surface area contributed by atoms with Gasteiger partial charge in [-0.3, -0.25) is 18.9 Å². The lowest BCUT2D eigenvalue weighted by atomic mass is 9.94. The molecule has 41 heteroatoms. The molecule has 3 amide bonds. The molecule has 0 aromatic rings. The number of amides is 3. The molecule has 7 saturated heterocycles. The van der Waals surface area contributed by atoms with Crippen LogP contribution in [-0.2, 0) is 90.5 Å². The van der Waals surface area contributed by atoms with Gasteiger partial charge in [-0.1, -0.05) is 0 Å². The van der Waals surface area contributed by atoms with Crippen LogP contribution in [0.2, 0.25) is 0 Å². The molecule has 7 aliphatic rings. The number of aliphatic hydroxyl groups excluding tert-OH is 17. The van der Waals surface area contributed by atoms with E-state index in [0.717, 1.165) is 20.8 Å². The van der Waals surface area contributed by atoms with Gasteiger partial charge in [0.05, 0.1) is 45.2 Å². The van der Waals surface area contributed by atoms with E-state index in [0.29, 0.717) is 0 Å². The van der Waals surface area contributed by atoms with Gasteiger partial charge in [0.1, 0.15) is 159 Å². The van der Waals surface area contributed by atoms with Crippen molar-refractivity contribution < 1.29 is 180 Å². The molecule has 7 rings (SSSR count). The Morgan fingerprint density at radius 1 is 0.371 bits per heavy atom. The van der Waals surface area contributed by atoms with E-state index in [1.807, 2.05) is 0 Å². The largest absolute Gasteiger partial charge is 0.397 e. The Morgan fingerprint density at radius 3 is 1.20 bits per heavy atom. The molecular formula is C48H81N3O37S. The van der Waals surface area contributed by atoms with Crippen molar-refractivity contribution in [2.75, 3.05) is 33.0 Å². The van der Waals surface area contributed by atoms with E-state index < -0.39 is 276 Å². The molecule has 0 aromatic heterocycles. The van der Waals surface area contributed by atoms with E-state index in [-0.39, 0.29) is 0 Å². The summed E-state index contributed by atoms with van der Waals surface area (Å²) in [4.78, 5) is 37.6. The summed E-state index contributed by atoms with van der Waals surface area (Å²) in [5, 5.41) is 196. The Bertz CT molecular complexity index is 2420. The first-order valence-corrected chi connectivity index (χ1v) is 29.3. The Labute approximate surface area is 505 Å². The van der Waals surface area contributed by atoms with Crippen molar-refractivity contribution in [1.29, 1.82) is 0 Å². The number of hydrogen-bond acceptors (Lipinski definition) is 36. The molecule has 0 saturated carbocycles. The van der Waals surface area contributed by atoms with Gasteiger partial charge in [-0.25, -0.2) is 4.18 Å². The van der Waals surface area contributed by atoms with Gasteiger partial charge in [-0.2, -0.15) is 8.42 Å². The summed E-state index contributed by atoms with van der Waals surface area (Å²) in [6.45, 7) is 0.210. The SMILES string of the molecule is CC(=O)N[C@@H]1[C@@H](O[C@@H]2O[C@H](CO[C@@H]3O[C@H](CO)[C@@H](O)[C@H](O)[C@H]3NC(C)=O)[C@H](O)[C@H](O[C@@H]3O[C@H](CO)[C@H](O)[C@H](O)[C@H]3O[C@@H]3O[C@@H](C)[C@@H](O)[C@@H](O)[C@@H]3O)[C@H]2O[C@@H]2O[C@@H](C)[C@@H](O)[C@@H](O)[C@@H]2O)[C@@H](O)[C@@H](CO[C@@H]2O[C@H](COS(=O)(=O)O)[C@@H](O)[C@H](O)[C@H]2NC(C)=O)O[C@H]1O. The molecule has 35 atom stereocenters. The third-order valence-electron chi connectivity index (χ3n) is 15.8. The van der Waals surface area contributed by atoms with E-state index in [9.17, 15) is 114 Å². The van der Waals surface area contributed by atoms with Crippen molar-refractivity contribution in [2.24, 2.45) is 0 Å². The molecule has 21 N–H and O–H groups in total. The maximum atomic E-state index is 12.9. The minimum Gasteiger partial charge on any atom is -0.394 e. The van der Waals surface area contributed by atoms with Crippen molar-refractivity contribution >= 4 is 28.1 Å². The number of carbonyl (C=O) groups is 3. The van der Waals surface area contributed by atoms with Crippen LogP contribution < -0.4 is 16.0 Å². The highest BCUT2D eigenvalue weighted by Crippen LogP contribution is 2.39. The minimum absolute atomic E-state index is 0.806. The molecular weight excluding hydrogens is 1240 g/mol. The first-order valence-electron chi connectivity index (χ1n) is 28.0. The molecule has 89 heavy (non-hydrogen) atoms. The monoisotopic (exact) mass is 1320 g/mol. The van der Waals surface area contributed by atoms with Crippen LogP contribution in [0.4, 0.5) is 0 Å². The van der Waals surface area contributed by atoms with Crippen molar-refractivity contribution in [2.45, 2.75) is 249 Å². The normalized spacial score (nSPS) is 48.3. The lowest BCUT2D eigenvalue weighted by molar-refractivity contribution is -0.411. The zero-order chi connectivity index (χ0) is 66.0. The summed E-state index contributed by atoms with van der Waals surface area (Å²) in [5.41, 5.74) is 0. The fourth-order valence-electron chi connectivity index (χ4n) is 11.0. The van der Waals surface area contributed by atoms with Crippen LogP contribution in [0.1, 0.15) is 34.6 Å². The number of rotatable bonds is 22. The van der Waals surface area contributed by atoms with Crippen LogP contribution in [0, 0.1) is 0 Å². The number of ether oxygens (including phenoxy) is 13. The lowest BCUT2D eigenvalue weighted by Gasteiger charge is -2.51. The van der Waals surface area contributed by atoms with E-state index >= 15 is 0 Å². The number of aliphatic hydroxyl groups is 17. The van der Waals surface area contributed by atoms with Crippen LogP contribution in [0.15, 0.2) is 0 Å². The van der Waals surface area contributed by atoms with Gasteiger partial charge >= 0.3 is 10.4 Å². The molecule has 0 radical (unpaired) electrons. The third kappa shape index (κ3) is 17.1. The number of carbonyl (C=O) groups excluding carboxylic acids is 3. The second kappa shape index (κ2) is 31.1. The highest BCUT2D eigenvalue weighted by atomic mass is 32.3. The van der Waals surface area contributed by atoms with Crippen LogP contribution >= 0.6 is 0 Å².